The molecule has 9 heteroatoms. The van der Waals surface area contributed by atoms with Gasteiger partial charge in [-0.05, 0) is 58.7 Å². The van der Waals surface area contributed by atoms with E-state index in [1.165, 1.54) is 0 Å². The molecule has 0 aromatic rings. The number of amides is 1. The van der Waals surface area contributed by atoms with Gasteiger partial charge in [0.2, 0.25) is 5.91 Å². The Balaban J connectivity index is 4.04. The zero-order chi connectivity index (χ0) is 19.7. The molecule has 0 fully saturated rings. The van der Waals surface area contributed by atoms with Gasteiger partial charge in [-0.15, -0.1) is 0 Å². The van der Waals surface area contributed by atoms with E-state index in [2.05, 4.69) is 51.2 Å². The first kappa shape index (κ1) is 24.7. The third-order valence-corrected chi connectivity index (χ3v) is 11.5. The Hall–Kier alpha value is -0.299. The molecule has 0 heterocycles. The summed E-state index contributed by atoms with van der Waals surface area (Å²) < 4.78 is 18.0. The molecule has 0 rings (SSSR count). The van der Waals surface area contributed by atoms with Crippen LogP contribution in [0.25, 0.3) is 0 Å². The third-order valence-electron chi connectivity index (χ3n) is 2.89. The van der Waals surface area contributed by atoms with Gasteiger partial charge in [0.15, 0.2) is 16.6 Å². The van der Waals surface area contributed by atoms with Crippen molar-refractivity contribution in [1.82, 2.24) is 5.32 Å². The van der Waals surface area contributed by atoms with Gasteiger partial charge in [0.05, 0.1) is 12.7 Å². The monoisotopic (exact) mass is 407 g/mol. The first-order valence-electron chi connectivity index (χ1n) is 8.85. The minimum atomic E-state index is -1.68. The van der Waals surface area contributed by atoms with Crippen LogP contribution in [0, 0.1) is 0 Å². The van der Waals surface area contributed by atoms with Crippen molar-refractivity contribution in [1.29, 1.82) is 0 Å². The number of carbonyl (C=O) groups is 1. The van der Waals surface area contributed by atoms with Gasteiger partial charge in [-0.1, -0.05) is 6.58 Å². The summed E-state index contributed by atoms with van der Waals surface area (Å²) in [4.78, 5) is 11.3. The lowest BCUT2D eigenvalue weighted by atomic mass is 10.3. The predicted octanol–water partition coefficient (Wildman–Crippen LogP) is 2.37. The van der Waals surface area contributed by atoms with E-state index in [9.17, 15) is 9.90 Å². The molecule has 0 bridgehead atoms. The summed E-state index contributed by atoms with van der Waals surface area (Å²) in [5.41, 5.74) is 0.425. The van der Waals surface area contributed by atoms with Crippen molar-refractivity contribution in [2.75, 3.05) is 19.8 Å². The molecule has 0 saturated carbocycles. The number of ether oxygens (including phenoxy) is 1. The molecule has 0 aliphatic rings. The summed E-state index contributed by atoms with van der Waals surface area (Å²) >= 11 is 0. The summed E-state index contributed by atoms with van der Waals surface area (Å²) in [6.45, 7) is 19.2. The first-order chi connectivity index (χ1) is 11.3. The lowest BCUT2D eigenvalue weighted by Gasteiger charge is -2.30. The molecule has 0 aromatic carbocycles. The van der Waals surface area contributed by atoms with Crippen LogP contribution in [0.3, 0.4) is 0 Å². The average Bonchev–Trinajstić information content (AvgIpc) is 2.40. The van der Waals surface area contributed by atoms with Crippen LogP contribution in [0.5, 0.6) is 0 Å². The zero-order valence-electron chi connectivity index (χ0n) is 17.0. The second kappa shape index (κ2) is 11.4. The van der Waals surface area contributed by atoms with Crippen molar-refractivity contribution < 1.29 is 22.9 Å². The number of aliphatic hydroxyl groups is 1. The van der Waals surface area contributed by atoms with Gasteiger partial charge in [-0.2, -0.15) is 0 Å². The Bertz CT molecular complexity index is 405. The van der Waals surface area contributed by atoms with Crippen LogP contribution in [-0.2, 0) is 17.8 Å². The Labute approximate surface area is 157 Å². The SMILES string of the molecule is C=C(C)C(=O)NCC(O)COCCC[SiH](O[Si](C)(C)C)O[Si](C)(C)C. The van der Waals surface area contributed by atoms with E-state index < -0.39 is 32.0 Å². The maximum absolute atomic E-state index is 11.3. The van der Waals surface area contributed by atoms with Crippen LogP contribution in [0.1, 0.15) is 13.3 Å². The van der Waals surface area contributed by atoms with E-state index in [4.69, 9.17) is 13.0 Å². The second-order valence-electron chi connectivity index (χ2n) is 8.25. The van der Waals surface area contributed by atoms with Gasteiger partial charge < -0.3 is 23.4 Å². The number of carbonyl (C=O) groups excluding carboxylic acids is 1. The molecule has 0 spiro atoms. The molecule has 1 amide bonds. The number of hydrogen-bond acceptors (Lipinski definition) is 5. The molecule has 0 radical (unpaired) electrons. The van der Waals surface area contributed by atoms with E-state index in [1.807, 2.05) is 0 Å². The predicted molar refractivity (Wildman–Crippen MR) is 110 cm³/mol. The van der Waals surface area contributed by atoms with Gasteiger partial charge in [0.1, 0.15) is 0 Å². The highest BCUT2D eigenvalue weighted by molar-refractivity contribution is 6.81. The Morgan fingerprint density at radius 3 is 2.12 bits per heavy atom. The molecule has 0 saturated heterocycles. The van der Waals surface area contributed by atoms with Crippen LogP contribution in [0.4, 0.5) is 0 Å². The number of rotatable bonds is 13. The van der Waals surface area contributed by atoms with Crippen molar-refractivity contribution in [3.8, 4) is 0 Å². The fourth-order valence-corrected chi connectivity index (χ4v) is 10.3. The first-order valence-corrected chi connectivity index (χ1v) is 17.4. The average molecular weight is 408 g/mol. The number of nitrogens with one attached hydrogen (secondary N) is 1. The minimum Gasteiger partial charge on any atom is -0.439 e. The highest BCUT2D eigenvalue weighted by Gasteiger charge is 2.28. The van der Waals surface area contributed by atoms with E-state index in [-0.39, 0.29) is 19.1 Å². The molecular weight excluding hydrogens is 370 g/mol. The van der Waals surface area contributed by atoms with Crippen molar-refractivity contribution in [3.63, 3.8) is 0 Å². The smallest absolute Gasteiger partial charge is 0.300 e. The van der Waals surface area contributed by atoms with E-state index in [0.29, 0.717) is 12.2 Å². The van der Waals surface area contributed by atoms with E-state index >= 15 is 0 Å². The summed E-state index contributed by atoms with van der Waals surface area (Å²) in [7, 11) is -4.89. The van der Waals surface area contributed by atoms with Crippen molar-refractivity contribution >= 4 is 31.8 Å². The normalized spacial score (nSPS) is 13.8. The summed E-state index contributed by atoms with van der Waals surface area (Å²) in [6, 6.07) is 0.914. The molecule has 0 aromatic heterocycles. The standard InChI is InChI=1S/C16H37NO5Si3/c1-14(2)16(19)17-12-15(18)13-20-10-9-11-23(21-24(3,4)5)22-25(6,7)8/h15,18,23H,1,9-13H2,2-8H3,(H,17,19). The zero-order valence-corrected chi connectivity index (χ0v) is 20.1. The molecule has 0 aliphatic heterocycles. The molecule has 1 atom stereocenters. The van der Waals surface area contributed by atoms with Gasteiger partial charge in [0, 0.05) is 18.7 Å². The van der Waals surface area contributed by atoms with Crippen LogP contribution in [-0.4, -0.2) is 62.8 Å². The molecule has 2 N–H and O–H groups in total. The fourth-order valence-electron chi connectivity index (χ4n) is 1.92. The maximum atomic E-state index is 11.3. The van der Waals surface area contributed by atoms with Gasteiger partial charge in [-0.25, -0.2) is 0 Å². The van der Waals surface area contributed by atoms with Crippen molar-refractivity contribution in [2.45, 2.75) is 64.8 Å². The van der Waals surface area contributed by atoms with Crippen LogP contribution in [0.2, 0.25) is 45.3 Å². The Morgan fingerprint density at radius 2 is 1.68 bits per heavy atom. The van der Waals surface area contributed by atoms with Crippen molar-refractivity contribution in [2.24, 2.45) is 0 Å². The molecule has 0 aliphatic carbocycles. The summed E-state index contributed by atoms with van der Waals surface area (Å²) in [5, 5.41) is 12.4. The Morgan fingerprint density at radius 1 is 1.16 bits per heavy atom. The van der Waals surface area contributed by atoms with Crippen LogP contribution < -0.4 is 5.32 Å². The van der Waals surface area contributed by atoms with Gasteiger partial charge >= 0.3 is 9.28 Å². The largest absolute Gasteiger partial charge is 0.439 e. The quantitative estimate of drug-likeness (QED) is 0.278. The highest BCUT2D eigenvalue weighted by Crippen LogP contribution is 2.15. The second-order valence-corrected chi connectivity index (χ2v) is 20.0. The highest BCUT2D eigenvalue weighted by atomic mass is 28.4. The topological polar surface area (TPSA) is 77.0 Å². The molecule has 148 valence electrons. The maximum Gasteiger partial charge on any atom is 0.300 e. The molecule has 1 unspecified atom stereocenters. The van der Waals surface area contributed by atoms with Crippen LogP contribution in [0.15, 0.2) is 12.2 Å². The Kier molecular flexibility index (Phi) is 11.3. The lowest BCUT2D eigenvalue weighted by molar-refractivity contribution is -0.118. The fraction of sp³-hybridized carbons (Fsp3) is 0.812. The number of aliphatic hydroxyl groups excluding tert-OH is 1. The minimum absolute atomic E-state index is 0.167. The lowest BCUT2D eigenvalue weighted by Crippen LogP contribution is -2.43. The summed E-state index contributed by atoms with van der Waals surface area (Å²) in [5.74, 6) is -0.250. The molecular formula is C16H37NO5Si3. The van der Waals surface area contributed by atoms with Gasteiger partial charge in [0.25, 0.3) is 0 Å². The number of hydrogen-bond donors (Lipinski definition) is 2. The van der Waals surface area contributed by atoms with Gasteiger partial charge in [-0.3, -0.25) is 4.79 Å². The van der Waals surface area contributed by atoms with Crippen LogP contribution >= 0.6 is 0 Å². The molecule has 25 heavy (non-hydrogen) atoms. The summed E-state index contributed by atoms with van der Waals surface area (Å²) in [6.07, 6.45) is 0.143. The molecule has 6 nitrogen and oxygen atoms in total. The van der Waals surface area contributed by atoms with E-state index in [0.717, 1.165) is 12.5 Å². The van der Waals surface area contributed by atoms with E-state index in [1.54, 1.807) is 6.92 Å². The third kappa shape index (κ3) is 15.7. The van der Waals surface area contributed by atoms with Crippen molar-refractivity contribution in [3.05, 3.63) is 12.2 Å².